The minimum atomic E-state index is -0.725. The summed E-state index contributed by atoms with van der Waals surface area (Å²) in [6.07, 6.45) is 0. The SMILES string of the molecule is Cn1c2c(c(=O)n(C)c1=O)C(c1ccc(O)cc1)C(C#N)=C(N)N2. The summed E-state index contributed by atoms with van der Waals surface area (Å²) in [5, 5.41) is 21.8. The molecule has 0 saturated carbocycles. The fraction of sp³-hybridized carbons (Fsp3) is 0.188. The number of anilines is 1. The van der Waals surface area contributed by atoms with Gasteiger partial charge in [0, 0.05) is 14.1 Å². The van der Waals surface area contributed by atoms with Crippen LogP contribution in [-0.4, -0.2) is 14.2 Å². The first-order chi connectivity index (χ1) is 11.4. The molecule has 0 bridgehead atoms. The molecule has 2 heterocycles. The van der Waals surface area contributed by atoms with Gasteiger partial charge in [-0.1, -0.05) is 12.1 Å². The number of allylic oxidation sites excluding steroid dienone is 1. The predicted molar refractivity (Wildman–Crippen MR) is 87.3 cm³/mol. The first-order valence-corrected chi connectivity index (χ1v) is 7.12. The maximum Gasteiger partial charge on any atom is 0.332 e. The number of nitrogens with two attached hydrogens (primary N) is 1. The Labute approximate surface area is 136 Å². The highest BCUT2D eigenvalue weighted by Crippen LogP contribution is 2.38. The third-order valence-corrected chi connectivity index (χ3v) is 4.17. The molecule has 24 heavy (non-hydrogen) atoms. The van der Waals surface area contributed by atoms with Crippen LogP contribution in [-0.2, 0) is 14.1 Å². The number of phenolic OH excluding ortho intramolecular Hbond substituents is 1. The van der Waals surface area contributed by atoms with Crippen LogP contribution in [0.4, 0.5) is 5.82 Å². The van der Waals surface area contributed by atoms with Crippen molar-refractivity contribution in [1.29, 1.82) is 5.26 Å². The molecule has 0 saturated heterocycles. The molecule has 1 unspecified atom stereocenters. The summed E-state index contributed by atoms with van der Waals surface area (Å²) in [7, 11) is 2.90. The van der Waals surface area contributed by atoms with E-state index in [0.29, 0.717) is 5.56 Å². The van der Waals surface area contributed by atoms with E-state index in [0.717, 1.165) is 4.57 Å². The van der Waals surface area contributed by atoms with Crippen molar-refractivity contribution in [2.24, 2.45) is 19.8 Å². The van der Waals surface area contributed by atoms with E-state index >= 15 is 0 Å². The first kappa shape index (κ1) is 15.4. The zero-order valence-corrected chi connectivity index (χ0v) is 13.1. The second kappa shape index (κ2) is 5.31. The summed E-state index contributed by atoms with van der Waals surface area (Å²) < 4.78 is 2.27. The molecule has 4 N–H and O–H groups in total. The van der Waals surface area contributed by atoms with Crippen molar-refractivity contribution in [3.8, 4) is 11.8 Å². The van der Waals surface area contributed by atoms with Crippen LogP contribution < -0.4 is 22.3 Å². The van der Waals surface area contributed by atoms with Crippen LogP contribution in [0, 0.1) is 11.3 Å². The molecule has 8 heteroatoms. The van der Waals surface area contributed by atoms with Crippen molar-refractivity contribution >= 4 is 5.82 Å². The molecule has 0 spiro atoms. The van der Waals surface area contributed by atoms with Gasteiger partial charge in [0.25, 0.3) is 5.56 Å². The molecule has 1 aliphatic heterocycles. The van der Waals surface area contributed by atoms with Gasteiger partial charge in [0.15, 0.2) is 0 Å². The minimum Gasteiger partial charge on any atom is -0.508 e. The Balaban J connectivity index is 2.41. The van der Waals surface area contributed by atoms with Gasteiger partial charge in [-0.2, -0.15) is 5.26 Å². The molecular formula is C16H15N5O3. The Kier molecular flexibility index (Phi) is 3.41. The Morgan fingerprint density at radius 3 is 2.42 bits per heavy atom. The number of nitrogens with one attached hydrogen (secondary N) is 1. The fourth-order valence-electron chi connectivity index (χ4n) is 2.90. The summed E-state index contributed by atoms with van der Waals surface area (Å²) in [6, 6.07) is 8.20. The third-order valence-electron chi connectivity index (χ3n) is 4.17. The number of hydrogen-bond acceptors (Lipinski definition) is 6. The molecule has 2 aromatic rings. The van der Waals surface area contributed by atoms with Crippen molar-refractivity contribution in [3.63, 3.8) is 0 Å². The number of rotatable bonds is 1. The van der Waals surface area contributed by atoms with Crippen LogP contribution in [0.3, 0.4) is 0 Å². The van der Waals surface area contributed by atoms with Crippen LogP contribution in [0.15, 0.2) is 45.2 Å². The van der Waals surface area contributed by atoms with Gasteiger partial charge in [-0.25, -0.2) is 4.79 Å². The average molecular weight is 325 g/mol. The standard InChI is InChI=1S/C16H15N5O3/c1-20-14-12(15(23)21(2)16(20)24)11(10(7-17)13(18)19-14)8-3-5-9(22)6-4-8/h3-6,11,19,22H,18H2,1-2H3. The smallest absolute Gasteiger partial charge is 0.332 e. The molecule has 8 nitrogen and oxygen atoms in total. The quantitative estimate of drug-likeness (QED) is 0.679. The molecular weight excluding hydrogens is 310 g/mol. The molecule has 122 valence electrons. The summed E-state index contributed by atoms with van der Waals surface area (Å²) in [5.74, 6) is -0.307. The van der Waals surface area contributed by atoms with Crippen LogP contribution in [0.2, 0.25) is 0 Å². The maximum atomic E-state index is 12.7. The Morgan fingerprint density at radius 2 is 1.83 bits per heavy atom. The Morgan fingerprint density at radius 1 is 1.21 bits per heavy atom. The summed E-state index contributed by atoms with van der Waals surface area (Å²) in [5.41, 5.74) is 6.01. The summed E-state index contributed by atoms with van der Waals surface area (Å²) in [6.45, 7) is 0. The van der Waals surface area contributed by atoms with Gasteiger partial charge in [-0.05, 0) is 17.7 Å². The van der Waals surface area contributed by atoms with Gasteiger partial charge in [-0.15, -0.1) is 0 Å². The molecule has 0 radical (unpaired) electrons. The minimum absolute atomic E-state index is 0.0664. The van der Waals surface area contributed by atoms with E-state index in [1.54, 1.807) is 12.1 Å². The number of aromatic hydroxyl groups is 1. The highest BCUT2D eigenvalue weighted by atomic mass is 16.3. The van der Waals surface area contributed by atoms with Crippen LogP contribution in [0.25, 0.3) is 0 Å². The summed E-state index contributed by atoms with van der Waals surface area (Å²) >= 11 is 0. The monoisotopic (exact) mass is 325 g/mol. The van der Waals surface area contributed by atoms with Crippen LogP contribution >= 0.6 is 0 Å². The zero-order chi connectivity index (χ0) is 17.6. The lowest BCUT2D eigenvalue weighted by molar-refractivity contribution is 0.475. The normalized spacial score (nSPS) is 16.3. The van der Waals surface area contributed by atoms with E-state index < -0.39 is 17.2 Å². The highest BCUT2D eigenvalue weighted by Gasteiger charge is 2.33. The molecule has 1 aromatic heterocycles. The second-order valence-corrected chi connectivity index (χ2v) is 5.56. The van der Waals surface area contributed by atoms with Crippen molar-refractivity contribution in [2.45, 2.75) is 5.92 Å². The van der Waals surface area contributed by atoms with Crippen LogP contribution in [0.5, 0.6) is 5.75 Å². The van der Waals surface area contributed by atoms with Crippen molar-refractivity contribution in [3.05, 3.63) is 67.6 Å². The predicted octanol–water partition coefficient (Wildman–Crippen LogP) is 0.0409. The molecule has 1 aromatic carbocycles. The lowest BCUT2D eigenvalue weighted by atomic mass is 9.84. The van der Waals surface area contributed by atoms with E-state index in [9.17, 15) is 20.0 Å². The van der Waals surface area contributed by atoms with Crippen LogP contribution in [0.1, 0.15) is 17.0 Å². The highest BCUT2D eigenvalue weighted by molar-refractivity contribution is 5.64. The van der Waals surface area contributed by atoms with E-state index in [2.05, 4.69) is 5.32 Å². The number of aromatic nitrogens is 2. The summed E-state index contributed by atoms with van der Waals surface area (Å²) in [4.78, 5) is 24.8. The fourth-order valence-corrected chi connectivity index (χ4v) is 2.90. The first-order valence-electron chi connectivity index (χ1n) is 7.12. The topological polar surface area (TPSA) is 126 Å². The molecule has 0 amide bonds. The van der Waals surface area contributed by atoms with E-state index in [-0.39, 0.29) is 28.5 Å². The number of hydrogen-bond donors (Lipinski definition) is 3. The number of fused-ring (bicyclic) bond motifs is 1. The van der Waals surface area contributed by atoms with E-state index in [4.69, 9.17) is 5.73 Å². The molecule has 0 aliphatic carbocycles. The van der Waals surface area contributed by atoms with Gasteiger partial charge in [0.2, 0.25) is 0 Å². The van der Waals surface area contributed by atoms with Gasteiger partial charge >= 0.3 is 5.69 Å². The lowest BCUT2D eigenvalue weighted by Gasteiger charge is -2.28. The zero-order valence-electron chi connectivity index (χ0n) is 13.1. The number of benzene rings is 1. The number of nitrogens with zero attached hydrogens (tertiary/aromatic N) is 3. The third kappa shape index (κ3) is 2.06. The molecule has 0 fully saturated rings. The molecule has 1 aliphatic rings. The second-order valence-electron chi connectivity index (χ2n) is 5.56. The maximum absolute atomic E-state index is 12.7. The lowest BCUT2D eigenvalue weighted by Crippen LogP contribution is -2.43. The Bertz CT molecular complexity index is 1020. The average Bonchev–Trinajstić information content (AvgIpc) is 2.57. The van der Waals surface area contributed by atoms with Crippen molar-refractivity contribution < 1.29 is 5.11 Å². The molecule has 1 atom stereocenters. The van der Waals surface area contributed by atoms with E-state index in [1.807, 2.05) is 6.07 Å². The van der Waals surface area contributed by atoms with E-state index in [1.165, 1.54) is 30.8 Å². The largest absolute Gasteiger partial charge is 0.508 e. The van der Waals surface area contributed by atoms with Gasteiger partial charge in [0.1, 0.15) is 17.4 Å². The van der Waals surface area contributed by atoms with Gasteiger partial charge < -0.3 is 16.2 Å². The molecule has 3 rings (SSSR count). The Hall–Kier alpha value is -3.47. The number of nitriles is 1. The van der Waals surface area contributed by atoms with Gasteiger partial charge in [0.05, 0.1) is 23.1 Å². The van der Waals surface area contributed by atoms with Crippen molar-refractivity contribution in [2.75, 3.05) is 5.32 Å². The number of phenols is 1. The van der Waals surface area contributed by atoms with Gasteiger partial charge in [-0.3, -0.25) is 13.9 Å². The van der Waals surface area contributed by atoms with Crippen molar-refractivity contribution in [1.82, 2.24) is 9.13 Å².